The third-order valence-corrected chi connectivity index (χ3v) is 4.21. The molecule has 6 heteroatoms. The van der Waals surface area contributed by atoms with Gasteiger partial charge in [0.1, 0.15) is 17.9 Å². The largest absolute Gasteiger partial charge is 0.496 e. The van der Waals surface area contributed by atoms with Gasteiger partial charge in [0.05, 0.1) is 20.3 Å². The highest BCUT2D eigenvalue weighted by Gasteiger charge is 2.19. The summed E-state index contributed by atoms with van der Waals surface area (Å²) in [5, 5.41) is 7.88. The molecule has 23 heavy (non-hydrogen) atoms. The third kappa shape index (κ3) is 3.89. The summed E-state index contributed by atoms with van der Waals surface area (Å²) < 4.78 is 12.9. The predicted octanol–water partition coefficient (Wildman–Crippen LogP) is 1.93. The molecular formula is C17H24N4O2. The van der Waals surface area contributed by atoms with E-state index in [1.54, 1.807) is 13.4 Å². The van der Waals surface area contributed by atoms with Gasteiger partial charge in [-0.05, 0) is 31.0 Å². The van der Waals surface area contributed by atoms with Gasteiger partial charge in [0, 0.05) is 31.2 Å². The minimum absolute atomic E-state index is 0.432. The molecule has 2 heterocycles. The standard InChI is InChI=1S/C17H24N4O2/c1-3-23-11-14-8-13(4-6-16(14)22-2)9-18-15-5-7-17-19-12-20-21(17)10-15/h4,6,8,12,15,18H,3,5,7,9-11H2,1-2H3/t15-/m0/s1. The topological polar surface area (TPSA) is 61.2 Å². The number of nitrogens with zero attached hydrogens (tertiary/aromatic N) is 3. The Labute approximate surface area is 136 Å². The van der Waals surface area contributed by atoms with Gasteiger partial charge >= 0.3 is 0 Å². The molecule has 2 aromatic rings. The lowest BCUT2D eigenvalue weighted by molar-refractivity contribution is 0.132. The Kier molecular flexibility index (Phi) is 5.25. The second-order valence-electron chi connectivity index (χ2n) is 5.76. The number of aromatic nitrogens is 3. The van der Waals surface area contributed by atoms with E-state index in [-0.39, 0.29) is 0 Å². The number of benzene rings is 1. The predicted molar refractivity (Wildman–Crippen MR) is 87.3 cm³/mol. The number of nitrogens with one attached hydrogen (secondary N) is 1. The van der Waals surface area contributed by atoms with Crippen molar-refractivity contribution in [2.24, 2.45) is 0 Å². The average molecular weight is 316 g/mol. The maximum atomic E-state index is 5.52. The van der Waals surface area contributed by atoms with Crippen LogP contribution in [0, 0.1) is 0 Å². The Morgan fingerprint density at radius 3 is 3.13 bits per heavy atom. The van der Waals surface area contributed by atoms with Crippen molar-refractivity contribution in [3.8, 4) is 5.75 Å². The van der Waals surface area contributed by atoms with Crippen molar-refractivity contribution in [2.45, 2.75) is 45.5 Å². The minimum Gasteiger partial charge on any atom is -0.496 e. The summed E-state index contributed by atoms with van der Waals surface area (Å²) >= 11 is 0. The van der Waals surface area contributed by atoms with Crippen molar-refractivity contribution in [2.75, 3.05) is 13.7 Å². The smallest absolute Gasteiger partial charge is 0.138 e. The van der Waals surface area contributed by atoms with Gasteiger partial charge in [0.2, 0.25) is 0 Å². The Balaban J connectivity index is 1.60. The number of aryl methyl sites for hydroxylation is 1. The molecule has 1 aliphatic rings. The van der Waals surface area contributed by atoms with E-state index in [4.69, 9.17) is 9.47 Å². The molecule has 0 aliphatic carbocycles. The summed E-state index contributed by atoms with van der Waals surface area (Å²) in [6.07, 6.45) is 3.72. The number of methoxy groups -OCH3 is 1. The molecule has 1 atom stereocenters. The molecule has 1 aliphatic heterocycles. The maximum absolute atomic E-state index is 5.52. The Bertz CT molecular complexity index is 641. The summed E-state index contributed by atoms with van der Waals surface area (Å²) in [5.41, 5.74) is 2.33. The minimum atomic E-state index is 0.432. The second-order valence-corrected chi connectivity index (χ2v) is 5.76. The van der Waals surface area contributed by atoms with Crippen molar-refractivity contribution in [1.82, 2.24) is 20.1 Å². The molecule has 1 aromatic heterocycles. The zero-order valence-electron chi connectivity index (χ0n) is 13.8. The lowest BCUT2D eigenvalue weighted by Gasteiger charge is -2.24. The SMILES string of the molecule is CCOCc1cc(CN[C@H]2CCc3ncnn3C2)ccc1OC. The fourth-order valence-corrected chi connectivity index (χ4v) is 2.93. The summed E-state index contributed by atoms with van der Waals surface area (Å²) in [7, 11) is 1.69. The van der Waals surface area contributed by atoms with Crippen LogP contribution < -0.4 is 10.1 Å². The molecule has 0 radical (unpaired) electrons. The van der Waals surface area contributed by atoms with E-state index in [1.165, 1.54) is 5.56 Å². The average Bonchev–Trinajstić information content (AvgIpc) is 3.05. The Morgan fingerprint density at radius 2 is 2.30 bits per heavy atom. The first-order valence-corrected chi connectivity index (χ1v) is 8.13. The van der Waals surface area contributed by atoms with E-state index in [9.17, 15) is 0 Å². The molecule has 3 rings (SSSR count). The zero-order valence-corrected chi connectivity index (χ0v) is 13.8. The Morgan fingerprint density at radius 1 is 1.39 bits per heavy atom. The second kappa shape index (κ2) is 7.57. The van der Waals surface area contributed by atoms with Crippen LogP contribution >= 0.6 is 0 Å². The summed E-state index contributed by atoms with van der Waals surface area (Å²) in [5.74, 6) is 1.97. The van der Waals surface area contributed by atoms with Crippen LogP contribution in [0.3, 0.4) is 0 Å². The van der Waals surface area contributed by atoms with Crippen molar-refractivity contribution < 1.29 is 9.47 Å². The molecule has 124 valence electrons. The van der Waals surface area contributed by atoms with Crippen LogP contribution in [0.5, 0.6) is 5.75 Å². The van der Waals surface area contributed by atoms with Gasteiger partial charge in [-0.15, -0.1) is 0 Å². The molecule has 6 nitrogen and oxygen atoms in total. The van der Waals surface area contributed by atoms with Gasteiger partial charge in [-0.3, -0.25) is 0 Å². The zero-order chi connectivity index (χ0) is 16.1. The van der Waals surface area contributed by atoms with Crippen molar-refractivity contribution in [3.63, 3.8) is 0 Å². The van der Waals surface area contributed by atoms with Crippen LogP contribution in [-0.2, 0) is 30.9 Å². The summed E-state index contributed by atoms with van der Waals surface area (Å²) in [4.78, 5) is 4.27. The van der Waals surface area contributed by atoms with Gasteiger partial charge in [-0.2, -0.15) is 5.10 Å². The maximum Gasteiger partial charge on any atom is 0.138 e. The molecule has 0 unspecified atom stereocenters. The van der Waals surface area contributed by atoms with Gasteiger partial charge in [-0.1, -0.05) is 6.07 Å². The van der Waals surface area contributed by atoms with E-state index < -0.39 is 0 Å². The number of ether oxygens (including phenoxy) is 2. The molecule has 0 saturated heterocycles. The van der Waals surface area contributed by atoms with Gasteiger partial charge in [0.25, 0.3) is 0 Å². The van der Waals surface area contributed by atoms with Crippen molar-refractivity contribution >= 4 is 0 Å². The van der Waals surface area contributed by atoms with Gasteiger partial charge in [-0.25, -0.2) is 9.67 Å². The van der Waals surface area contributed by atoms with Crippen molar-refractivity contribution in [1.29, 1.82) is 0 Å². The molecule has 0 saturated carbocycles. The lowest BCUT2D eigenvalue weighted by Crippen LogP contribution is -2.37. The van der Waals surface area contributed by atoms with Crippen LogP contribution in [-0.4, -0.2) is 34.5 Å². The quantitative estimate of drug-likeness (QED) is 0.846. The number of rotatable bonds is 7. The van der Waals surface area contributed by atoms with Crippen molar-refractivity contribution in [3.05, 3.63) is 41.5 Å². The van der Waals surface area contributed by atoms with Crippen LogP contribution in [0.15, 0.2) is 24.5 Å². The van der Waals surface area contributed by atoms with Gasteiger partial charge in [0.15, 0.2) is 0 Å². The van der Waals surface area contributed by atoms with Crippen LogP contribution in [0.25, 0.3) is 0 Å². The monoisotopic (exact) mass is 316 g/mol. The lowest BCUT2D eigenvalue weighted by atomic mass is 10.1. The first-order chi connectivity index (χ1) is 11.3. The van der Waals surface area contributed by atoms with Crippen LogP contribution in [0.2, 0.25) is 0 Å². The number of hydrogen-bond donors (Lipinski definition) is 1. The van der Waals surface area contributed by atoms with E-state index in [0.717, 1.165) is 43.1 Å². The number of fused-ring (bicyclic) bond motifs is 1. The highest BCUT2D eigenvalue weighted by Crippen LogP contribution is 2.21. The summed E-state index contributed by atoms with van der Waals surface area (Å²) in [6.45, 7) is 5.00. The normalized spacial score (nSPS) is 17.0. The molecular weight excluding hydrogens is 292 g/mol. The van der Waals surface area contributed by atoms with Crippen LogP contribution in [0.4, 0.5) is 0 Å². The first kappa shape index (κ1) is 16.0. The number of hydrogen-bond acceptors (Lipinski definition) is 5. The molecule has 0 bridgehead atoms. The van der Waals surface area contributed by atoms with E-state index in [2.05, 4.69) is 27.5 Å². The molecule has 1 aromatic carbocycles. The fourth-order valence-electron chi connectivity index (χ4n) is 2.93. The molecule has 0 amide bonds. The highest BCUT2D eigenvalue weighted by molar-refractivity contribution is 5.37. The third-order valence-electron chi connectivity index (χ3n) is 4.21. The van der Waals surface area contributed by atoms with Crippen LogP contribution in [0.1, 0.15) is 30.3 Å². The highest BCUT2D eigenvalue weighted by atomic mass is 16.5. The summed E-state index contributed by atoms with van der Waals surface area (Å²) in [6, 6.07) is 6.71. The van der Waals surface area contributed by atoms with E-state index >= 15 is 0 Å². The first-order valence-electron chi connectivity index (χ1n) is 8.13. The molecule has 0 spiro atoms. The van der Waals surface area contributed by atoms with E-state index in [1.807, 2.05) is 17.7 Å². The van der Waals surface area contributed by atoms with E-state index in [0.29, 0.717) is 19.3 Å². The molecule has 1 N–H and O–H groups in total. The fraction of sp³-hybridized carbons (Fsp3) is 0.529. The Hall–Kier alpha value is -1.92. The molecule has 0 fully saturated rings. The van der Waals surface area contributed by atoms with Gasteiger partial charge < -0.3 is 14.8 Å².